The molecule has 1 aromatic rings. The van der Waals surface area contributed by atoms with Gasteiger partial charge in [-0.25, -0.2) is 5.43 Å². The second-order valence-corrected chi connectivity index (χ2v) is 10.1. The monoisotopic (exact) mass is 411 g/mol. The van der Waals surface area contributed by atoms with E-state index < -0.39 is 0 Å². The lowest BCUT2D eigenvalue weighted by molar-refractivity contribution is -0.126. The molecule has 0 unspecified atom stereocenters. The summed E-state index contributed by atoms with van der Waals surface area (Å²) in [5.74, 6) is 1.01. The van der Waals surface area contributed by atoms with E-state index in [1.54, 1.807) is 0 Å². The summed E-state index contributed by atoms with van der Waals surface area (Å²) in [7, 11) is 0. The number of hydrazone groups is 1. The lowest BCUT2D eigenvalue weighted by Gasteiger charge is -2.36. The van der Waals surface area contributed by atoms with Crippen LogP contribution in [0.4, 0.5) is 5.69 Å². The van der Waals surface area contributed by atoms with Crippen LogP contribution in [0, 0.1) is 23.2 Å². The molecule has 3 rings (SSSR count). The molecule has 2 N–H and O–H groups in total. The summed E-state index contributed by atoms with van der Waals surface area (Å²) in [6.45, 7) is 8.75. The molecule has 1 aromatic carbocycles. The third kappa shape index (κ3) is 5.93. The Balaban J connectivity index is 1.54. The van der Waals surface area contributed by atoms with Crippen molar-refractivity contribution in [2.75, 3.05) is 5.32 Å². The third-order valence-corrected chi connectivity index (χ3v) is 6.93. The summed E-state index contributed by atoms with van der Waals surface area (Å²) < 4.78 is 0. The largest absolute Gasteiger partial charge is 0.326 e. The molecule has 30 heavy (non-hydrogen) atoms. The lowest BCUT2D eigenvalue weighted by atomic mass is 9.70. The number of nitrogens with one attached hydrogen (secondary N) is 2. The van der Waals surface area contributed by atoms with Gasteiger partial charge in [0, 0.05) is 17.5 Å². The number of carbonyl (C=O) groups is 2. The Labute approximate surface area is 181 Å². The molecule has 2 amide bonds. The maximum Gasteiger partial charge on any atom is 0.243 e. The van der Waals surface area contributed by atoms with Gasteiger partial charge in [0.15, 0.2) is 0 Å². The van der Waals surface area contributed by atoms with Crippen LogP contribution in [-0.2, 0) is 9.59 Å². The van der Waals surface area contributed by atoms with Gasteiger partial charge >= 0.3 is 0 Å². The second kappa shape index (κ2) is 9.76. The highest BCUT2D eigenvalue weighted by atomic mass is 16.2. The van der Waals surface area contributed by atoms with Crippen molar-refractivity contribution in [1.82, 2.24) is 5.43 Å². The topological polar surface area (TPSA) is 70.6 Å². The Bertz CT molecular complexity index is 780. The first kappa shape index (κ1) is 22.5. The van der Waals surface area contributed by atoms with Gasteiger partial charge in [-0.2, -0.15) is 5.10 Å². The summed E-state index contributed by atoms with van der Waals surface area (Å²) in [5.41, 5.74) is 5.51. The predicted molar refractivity (Wildman–Crippen MR) is 122 cm³/mol. The molecule has 0 atom stereocenters. The maximum atomic E-state index is 12.6. The smallest absolute Gasteiger partial charge is 0.243 e. The molecule has 0 saturated heterocycles. The summed E-state index contributed by atoms with van der Waals surface area (Å²) >= 11 is 0. The number of carbonyl (C=O) groups excluding carboxylic acids is 2. The van der Waals surface area contributed by atoms with Crippen LogP contribution in [0.15, 0.2) is 29.4 Å². The van der Waals surface area contributed by atoms with E-state index in [9.17, 15) is 9.59 Å². The SMILES string of the molecule is C/C(=N/NC(=O)C1CCC(C(C)(C)C)CC1)c1cccc(NC(=O)C2CCCC2)c1. The predicted octanol–water partition coefficient (Wildman–Crippen LogP) is 5.51. The van der Waals surface area contributed by atoms with Gasteiger partial charge in [-0.3, -0.25) is 9.59 Å². The zero-order valence-electron chi connectivity index (χ0n) is 19.0. The Morgan fingerprint density at radius 1 is 0.933 bits per heavy atom. The van der Waals surface area contributed by atoms with Gasteiger partial charge in [0.2, 0.25) is 11.8 Å². The summed E-state index contributed by atoms with van der Waals surface area (Å²) in [6, 6.07) is 7.68. The van der Waals surface area contributed by atoms with Crippen molar-refractivity contribution in [3.8, 4) is 0 Å². The van der Waals surface area contributed by atoms with Gasteiger partial charge in [-0.05, 0) is 74.5 Å². The highest BCUT2D eigenvalue weighted by Gasteiger charge is 2.32. The zero-order chi connectivity index (χ0) is 21.7. The lowest BCUT2D eigenvalue weighted by Crippen LogP contribution is -2.33. The van der Waals surface area contributed by atoms with Gasteiger partial charge in [0.1, 0.15) is 0 Å². The molecule has 0 aliphatic heterocycles. The Hall–Kier alpha value is -2.17. The van der Waals surface area contributed by atoms with Crippen molar-refractivity contribution in [2.45, 2.75) is 79.1 Å². The molecular weight excluding hydrogens is 374 g/mol. The van der Waals surface area contributed by atoms with E-state index >= 15 is 0 Å². The van der Waals surface area contributed by atoms with Crippen molar-refractivity contribution in [1.29, 1.82) is 0 Å². The molecular formula is C25H37N3O2. The van der Waals surface area contributed by atoms with Gasteiger partial charge in [0.05, 0.1) is 5.71 Å². The molecule has 2 aliphatic carbocycles. The first-order valence-corrected chi connectivity index (χ1v) is 11.5. The third-order valence-electron chi connectivity index (χ3n) is 6.93. The number of amides is 2. The van der Waals surface area contributed by atoms with Crippen molar-refractivity contribution in [2.24, 2.45) is 28.3 Å². The number of benzene rings is 1. The average Bonchev–Trinajstić information content (AvgIpc) is 3.26. The highest BCUT2D eigenvalue weighted by molar-refractivity contribution is 6.01. The van der Waals surface area contributed by atoms with E-state index in [1.807, 2.05) is 31.2 Å². The summed E-state index contributed by atoms with van der Waals surface area (Å²) in [5, 5.41) is 7.37. The van der Waals surface area contributed by atoms with Gasteiger partial charge < -0.3 is 5.32 Å². The van der Waals surface area contributed by atoms with Crippen LogP contribution in [0.5, 0.6) is 0 Å². The minimum absolute atomic E-state index is 0.0207. The second-order valence-electron chi connectivity index (χ2n) is 10.1. The van der Waals surface area contributed by atoms with E-state index in [-0.39, 0.29) is 23.7 Å². The molecule has 5 heteroatoms. The van der Waals surface area contributed by atoms with Gasteiger partial charge in [0.25, 0.3) is 0 Å². The molecule has 0 radical (unpaired) electrons. The first-order chi connectivity index (χ1) is 14.2. The number of hydrogen-bond donors (Lipinski definition) is 2. The molecule has 2 saturated carbocycles. The minimum atomic E-state index is 0.0207. The van der Waals surface area contributed by atoms with Crippen LogP contribution >= 0.6 is 0 Å². The quantitative estimate of drug-likeness (QED) is 0.495. The Morgan fingerprint density at radius 3 is 2.20 bits per heavy atom. The summed E-state index contributed by atoms with van der Waals surface area (Å²) in [4.78, 5) is 24.9. The molecule has 2 fully saturated rings. The molecule has 0 aromatic heterocycles. The molecule has 164 valence electrons. The van der Waals surface area contributed by atoms with E-state index in [0.717, 1.165) is 68.3 Å². The Kier molecular flexibility index (Phi) is 7.32. The van der Waals surface area contributed by atoms with E-state index in [1.165, 1.54) is 0 Å². The summed E-state index contributed by atoms with van der Waals surface area (Å²) in [6.07, 6.45) is 8.32. The standard InChI is InChI=1S/C25H37N3O2/c1-17(27-28-24(30)19-12-14-21(15-13-19)25(2,3)4)20-10-7-11-22(16-20)26-23(29)18-8-5-6-9-18/h7,10-11,16,18-19,21H,5-6,8-9,12-15H2,1-4H3,(H,26,29)(H,28,30)/b27-17-. The fourth-order valence-electron chi connectivity index (χ4n) is 4.77. The highest BCUT2D eigenvalue weighted by Crippen LogP contribution is 2.39. The van der Waals surface area contributed by atoms with Crippen LogP contribution in [0.25, 0.3) is 0 Å². The van der Waals surface area contributed by atoms with E-state index in [4.69, 9.17) is 0 Å². The fourth-order valence-corrected chi connectivity index (χ4v) is 4.77. The normalized spacial score (nSPS) is 23.3. The number of anilines is 1. The van der Waals surface area contributed by atoms with Gasteiger partial charge in [-0.1, -0.05) is 45.7 Å². The van der Waals surface area contributed by atoms with Crippen LogP contribution in [0.1, 0.15) is 84.6 Å². The molecule has 2 aliphatic rings. The first-order valence-electron chi connectivity index (χ1n) is 11.5. The fraction of sp³-hybridized carbons (Fsp3) is 0.640. The average molecular weight is 412 g/mol. The molecule has 0 spiro atoms. The number of rotatable bonds is 5. The zero-order valence-corrected chi connectivity index (χ0v) is 19.0. The van der Waals surface area contributed by atoms with Gasteiger partial charge in [-0.15, -0.1) is 0 Å². The van der Waals surface area contributed by atoms with Crippen molar-refractivity contribution in [3.05, 3.63) is 29.8 Å². The van der Waals surface area contributed by atoms with Crippen molar-refractivity contribution < 1.29 is 9.59 Å². The van der Waals surface area contributed by atoms with Crippen molar-refractivity contribution in [3.63, 3.8) is 0 Å². The van der Waals surface area contributed by atoms with E-state index in [0.29, 0.717) is 11.3 Å². The number of nitrogens with zero attached hydrogens (tertiary/aromatic N) is 1. The molecule has 5 nitrogen and oxygen atoms in total. The van der Waals surface area contributed by atoms with Crippen LogP contribution in [-0.4, -0.2) is 17.5 Å². The minimum Gasteiger partial charge on any atom is -0.326 e. The Morgan fingerprint density at radius 2 is 1.57 bits per heavy atom. The van der Waals surface area contributed by atoms with Crippen LogP contribution in [0.3, 0.4) is 0 Å². The maximum absolute atomic E-state index is 12.6. The van der Waals surface area contributed by atoms with E-state index in [2.05, 4.69) is 36.6 Å². The number of hydrogen-bond acceptors (Lipinski definition) is 3. The van der Waals surface area contributed by atoms with Crippen molar-refractivity contribution >= 4 is 23.2 Å². The molecule has 0 heterocycles. The van der Waals surface area contributed by atoms with Crippen LogP contribution < -0.4 is 10.7 Å². The molecule has 0 bridgehead atoms. The van der Waals surface area contributed by atoms with Crippen LogP contribution in [0.2, 0.25) is 0 Å².